The van der Waals surface area contributed by atoms with E-state index in [2.05, 4.69) is 34.1 Å². The molecule has 0 amide bonds. The van der Waals surface area contributed by atoms with Gasteiger partial charge in [0.05, 0.1) is 6.04 Å². The quantitative estimate of drug-likeness (QED) is 0.676. The van der Waals surface area contributed by atoms with Gasteiger partial charge in [-0.15, -0.1) is 0 Å². The summed E-state index contributed by atoms with van der Waals surface area (Å²) >= 11 is 0. The summed E-state index contributed by atoms with van der Waals surface area (Å²) in [6, 6.07) is 16.9. The van der Waals surface area contributed by atoms with E-state index in [-0.39, 0.29) is 0 Å². The molecule has 4 rings (SSSR count). The Morgan fingerprint density at radius 2 is 2.09 bits per heavy atom. The van der Waals surface area contributed by atoms with Crippen molar-refractivity contribution >= 4 is 11.1 Å². The molecule has 22 heavy (non-hydrogen) atoms. The van der Waals surface area contributed by atoms with E-state index in [1.54, 1.807) is 0 Å². The second-order valence-corrected chi connectivity index (χ2v) is 5.74. The van der Waals surface area contributed by atoms with Crippen LogP contribution in [0.1, 0.15) is 11.5 Å². The van der Waals surface area contributed by atoms with E-state index in [0.29, 0.717) is 18.5 Å². The van der Waals surface area contributed by atoms with Gasteiger partial charge < -0.3 is 9.15 Å². The predicted molar refractivity (Wildman–Crippen MR) is 84.9 cm³/mol. The molecule has 1 aromatic heterocycles. The molecule has 0 N–H and O–H groups in total. The van der Waals surface area contributed by atoms with Gasteiger partial charge in [-0.2, -0.15) is 0 Å². The molecule has 1 aliphatic heterocycles. The predicted octanol–water partition coefficient (Wildman–Crippen LogP) is 3.40. The molecule has 0 aliphatic carbocycles. The van der Waals surface area contributed by atoms with Crippen LogP contribution >= 0.6 is 0 Å². The van der Waals surface area contributed by atoms with Crippen LogP contribution < -0.4 is 4.74 Å². The molecule has 1 aliphatic rings. The minimum atomic E-state index is 0.507. The maximum absolute atomic E-state index is 5.89. The lowest BCUT2D eigenvalue weighted by Gasteiger charge is -2.06. The van der Waals surface area contributed by atoms with Gasteiger partial charge in [0.1, 0.15) is 17.9 Å². The van der Waals surface area contributed by atoms with Crippen molar-refractivity contribution in [2.75, 3.05) is 13.2 Å². The Labute approximate surface area is 129 Å². The van der Waals surface area contributed by atoms with Crippen LogP contribution in [0.2, 0.25) is 0 Å². The van der Waals surface area contributed by atoms with E-state index >= 15 is 0 Å². The van der Waals surface area contributed by atoms with Gasteiger partial charge in [-0.3, -0.25) is 4.90 Å². The number of hydrogen-bond donors (Lipinski definition) is 0. The normalized spacial score (nSPS) is 20.2. The standard InChI is InChI=1S/C18H18N2O2/c1-13-19-17-8-7-16(9-18(17)22-13)21-12-15-11-20(15)10-14-5-3-2-4-6-14/h2-9,15H,10-12H2,1H3. The highest BCUT2D eigenvalue weighted by Gasteiger charge is 2.34. The van der Waals surface area contributed by atoms with Crippen LogP contribution in [-0.2, 0) is 6.54 Å². The third-order valence-corrected chi connectivity index (χ3v) is 3.97. The van der Waals surface area contributed by atoms with Crippen molar-refractivity contribution in [3.05, 3.63) is 60.0 Å². The summed E-state index contributed by atoms with van der Waals surface area (Å²) in [7, 11) is 0. The number of rotatable bonds is 5. The summed E-state index contributed by atoms with van der Waals surface area (Å²) in [4.78, 5) is 6.70. The topological polar surface area (TPSA) is 38.3 Å². The van der Waals surface area contributed by atoms with Crippen molar-refractivity contribution in [1.82, 2.24) is 9.88 Å². The summed E-state index contributed by atoms with van der Waals surface area (Å²) in [5.74, 6) is 1.53. The lowest BCUT2D eigenvalue weighted by Crippen LogP contribution is -2.10. The van der Waals surface area contributed by atoms with Crippen molar-refractivity contribution in [2.45, 2.75) is 19.5 Å². The molecule has 2 aromatic carbocycles. The van der Waals surface area contributed by atoms with Crippen LogP contribution in [-0.4, -0.2) is 29.1 Å². The third kappa shape index (κ3) is 2.83. The van der Waals surface area contributed by atoms with Crippen molar-refractivity contribution < 1.29 is 9.15 Å². The van der Waals surface area contributed by atoms with Crippen LogP contribution in [0.3, 0.4) is 0 Å². The molecular weight excluding hydrogens is 276 g/mol. The maximum Gasteiger partial charge on any atom is 0.192 e. The average Bonchev–Trinajstić information content (AvgIpc) is 3.15. The number of fused-ring (bicyclic) bond motifs is 1. The van der Waals surface area contributed by atoms with Crippen LogP contribution in [0.15, 0.2) is 52.9 Å². The van der Waals surface area contributed by atoms with E-state index in [4.69, 9.17) is 9.15 Å². The van der Waals surface area contributed by atoms with E-state index in [1.165, 1.54) is 5.56 Å². The molecule has 2 atom stereocenters. The lowest BCUT2D eigenvalue weighted by atomic mass is 10.2. The fourth-order valence-corrected chi connectivity index (χ4v) is 2.70. The molecule has 0 saturated carbocycles. The smallest absolute Gasteiger partial charge is 0.192 e. The van der Waals surface area contributed by atoms with Crippen molar-refractivity contribution in [3.8, 4) is 5.75 Å². The fraction of sp³-hybridized carbons (Fsp3) is 0.278. The van der Waals surface area contributed by atoms with E-state index in [9.17, 15) is 0 Å². The van der Waals surface area contributed by atoms with Crippen LogP contribution in [0, 0.1) is 6.92 Å². The van der Waals surface area contributed by atoms with Gasteiger partial charge >= 0.3 is 0 Å². The molecule has 3 aromatic rings. The Balaban J connectivity index is 1.33. The molecule has 0 radical (unpaired) electrons. The zero-order valence-electron chi connectivity index (χ0n) is 12.5. The van der Waals surface area contributed by atoms with Gasteiger partial charge in [0, 0.05) is 26.1 Å². The highest BCUT2D eigenvalue weighted by Crippen LogP contribution is 2.25. The van der Waals surface area contributed by atoms with Gasteiger partial charge in [-0.25, -0.2) is 4.98 Å². The van der Waals surface area contributed by atoms with Crippen LogP contribution in [0.25, 0.3) is 11.1 Å². The Morgan fingerprint density at radius 1 is 1.23 bits per heavy atom. The van der Waals surface area contributed by atoms with Crippen molar-refractivity contribution in [1.29, 1.82) is 0 Å². The zero-order chi connectivity index (χ0) is 14.9. The highest BCUT2D eigenvalue weighted by atomic mass is 16.5. The molecule has 4 heteroatoms. The first-order valence-corrected chi connectivity index (χ1v) is 7.56. The van der Waals surface area contributed by atoms with E-state index < -0.39 is 0 Å². The number of ether oxygens (including phenoxy) is 1. The Kier molecular flexibility index (Phi) is 3.31. The monoisotopic (exact) mass is 294 g/mol. The Hall–Kier alpha value is -2.33. The first-order valence-electron chi connectivity index (χ1n) is 7.56. The fourth-order valence-electron chi connectivity index (χ4n) is 2.70. The summed E-state index contributed by atoms with van der Waals surface area (Å²) in [6.07, 6.45) is 0. The number of hydrogen-bond acceptors (Lipinski definition) is 4. The van der Waals surface area contributed by atoms with Gasteiger partial charge in [-0.1, -0.05) is 30.3 Å². The Bertz CT molecular complexity index is 782. The SMILES string of the molecule is Cc1nc2ccc(OCC3CN3Cc3ccccc3)cc2o1. The number of nitrogens with zero attached hydrogens (tertiary/aromatic N) is 2. The molecule has 2 heterocycles. The number of aryl methyl sites for hydroxylation is 1. The zero-order valence-corrected chi connectivity index (χ0v) is 12.5. The molecular formula is C18H18N2O2. The maximum atomic E-state index is 5.89. The van der Waals surface area contributed by atoms with Gasteiger partial charge in [0.25, 0.3) is 0 Å². The summed E-state index contributed by atoms with van der Waals surface area (Å²) in [5.41, 5.74) is 3.01. The van der Waals surface area contributed by atoms with Gasteiger partial charge in [0.15, 0.2) is 11.5 Å². The molecule has 0 bridgehead atoms. The minimum absolute atomic E-state index is 0.507. The lowest BCUT2D eigenvalue weighted by molar-refractivity contribution is 0.293. The number of benzene rings is 2. The number of oxazole rings is 1. The van der Waals surface area contributed by atoms with E-state index in [0.717, 1.165) is 29.9 Å². The minimum Gasteiger partial charge on any atom is -0.492 e. The summed E-state index contributed by atoms with van der Waals surface area (Å²) < 4.78 is 11.4. The second kappa shape index (κ2) is 5.46. The molecule has 112 valence electrons. The Morgan fingerprint density at radius 3 is 2.95 bits per heavy atom. The van der Waals surface area contributed by atoms with E-state index in [1.807, 2.05) is 31.2 Å². The van der Waals surface area contributed by atoms with Crippen LogP contribution in [0.5, 0.6) is 5.75 Å². The highest BCUT2D eigenvalue weighted by molar-refractivity contribution is 5.74. The molecule has 1 fully saturated rings. The summed E-state index contributed by atoms with van der Waals surface area (Å²) in [5, 5.41) is 0. The van der Waals surface area contributed by atoms with Crippen molar-refractivity contribution in [2.24, 2.45) is 0 Å². The molecule has 4 nitrogen and oxygen atoms in total. The first-order chi connectivity index (χ1) is 10.8. The van der Waals surface area contributed by atoms with Crippen LogP contribution in [0.4, 0.5) is 0 Å². The molecule has 0 spiro atoms. The molecule has 1 saturated heterocycles. The largest absolute Gasteiger partial charge is 0.492 e. The number of aromatic nitrogens is 1. The third-order valence-electron chi connectivity index (χ3n) is 3.97. The average molecular weight is 294 g/mol. The second-order valence-electron chi connectivity index (χ2n) is 5.74. The summed E-state index contributed by atoms with van der Waals surface area (Å²) in [6.45, 7) is 4.66. The van der Waals surface area contributed by atoms with Gasteiger partial charge in [0.2, 0.25) is 0 Å². The molecule has 2 unspecified atom stereocenters. The van der Waals surface area contributed by atoms with Gasteiger partial charge in [-0.05, 0) is 17.7 Å². The van der Waals surface area contributed by atoms with Crippen molar-refractivity contribution in [3.63, 3.8) is 0 Å². The first kappa shape index (κ1) is 13.3.